The van der Waals surface area contributed by atoms with Gasteiger partial charge in [0.1, 0.15) is 12.2 Å². The number of hydrogen-bond acceptors (Lipinski definition) is 5. The van der Waals surface area contributed by atoms with E-state index in [1.807, 2.05) is 13.8 Å². The molecule has 3 saturated carbocycles. The number of carbonyl (C=O) groups is 2. The largest absolute Gasteiger partial charge is 0.462 e. The van der Waals surface area contributed by atoms with Crippen LogP contribution in [-0.2, 0) is 19.1 Å². The van der Waals surface area contributed by atoms with Crippen LogP contribution in [-0.4, -0.2) is 34.9 Å². The van der Waals surface area contributed by atoms with E-state index in [0.29, 0.717) is 24.7 Å². The molecule has 0 aliphatic heterocycles. The topological polar surface area (TPSA) is 72.8 Å². The molecule has 3 unspecified atom stereocenters. The maximum atomic E-state index is 11.6. The Kier molecular flexibility index (Phi) is 7.93. The maximum Gasteiger partial charge on any atom is 0.303 e. The highest BCUT2D eigenvalue weighted by molar-refractivity contribution is 5.67. The predicted molar refractivity (Wildman–Crippen MR) is 129 cm³/mol. The quantitative estimate of drug-likeness (QED) is 0.508. The van der Waals surface area contributed by atoms with Gasteiger partial charge in [-0.25, -0.2) is 0 Å². The summed E-state index contributed by atoms with van der Waals surface area (Å²) in [7, 11) is 0. The van der Waals surface area contributed by atoms with E-state index in [2.05, 4.69) is 25.7 Å². The van der Waals surface area contributed by atoms with Crippen molar-refractivity contribution in [3.63, 3.8) is 0 Å². The minimum absolute atomic E-state index is 0.290. The van der Waals surface area contributed by atoms with Crippen LogP contribution < -0.4 is 0 Å². The van der Waals surface area contributed by atoms with Gasteiger partial charge in [-0.15, -0.1) is 0 Å². The molecule has 5 heteroatoms. The first-order chi connectivity index (χ1) is 15.4. The average molecular weight is 459 g/mol. The van der Waals surface area contributed by atoms with Crippen LogP contribution in [0.4, 0.5) is 0 Å². The Morgan fingerprint density at radius 1 is 1.18 bits per heavy atom. The molecule has 1 N–H and O–H groups in total. The summed E-state index contributed by atoms with van der Waals surface area (Å²) in [6, 6.07) is 0. The summed E-state index contributed by atoms with van der Waals surface area (Å²) < 4.78 is 11.0. The molecular weight excluding hydrogens is 416 g/mol. The normalized spacial score (nSPS) is 34.9. The van der Waals surface area contributed by atoms with Gasteiger partial charge in [-0.05, 0) is 87.2 Å². The molecule has 0 saturated heterocycles. The Bertz CT molecular complexity index is 830. The predicted octanol–water partition coefficient (Wildman–Crippen LogP) is 5.82. The molecule has 0 aromatic carbocycles. The fourth-order valence-corrected chi connectivity index (χ4v) is 6.42. The average Bonchev–Trinajstić information content (AvgIpc) is 3.03. The Hall–Kier alpha value is -1.88. The summed E-state index contributed by atoms with van der Waals surface area (Å²) in [5, 5.41) is 10.2. The van der Waals surface area contributed by atoms with Gasteiger partial charge in [0, 0.05) is 26.7 Å². The van der Waals surface area contributed by atoms with Crippen molar-refractivity contribution in [2.24, 2.45) is 17.3 Å². The molecule has 3 aliphatic rings. The van der Waals surface area contributed by atoms with E-state index in [-0.39, 0.29) is 23.5 Å². The number of hydrogen-bond donors (Lipinski definition) is 1. The van der Waals surface area contributed by atoms with E-state index < -0.39 is 11.7 Å². The van der Waals surface area contributed by atoms with Crippen LogP contribution >= 0.6 is 0 Å². The zero-order chi connectivity index (χ0) is 24.4. The zero-order valence-corrected chi connectivity index (χ0v) is 21.1. The molecule has 0 aromatic rings. The van der Waals surface area contributed by atoms with Crippen LogP contribution in [0.3, 0.4) is 0 Å². The highest BCUT2D eigenvalue weighted by Gasteiger charge is 2.49. The van der Waals surface area contributed by atoms with E-state index in [1.54, 1.807) is 0 Å². The summed E-state index contributed by atoms with van der Waals surface area (Å²) in [6.45, 7) is 13.3. The molecular formula is C28H42O5. The van der Waals surface area contributed by atoms with Gasteiger partial charge < -0.3 is 14.6 Å². The standard InChI is InChI=1S/C28H42O5/c1-18-22(16-24(32-19(2)29)17-26(18)33-20(3)30)10-9-21-8-7-14-28(6)23(11-12-25(21)28)13-15-27(4,5)31/h9-10,23-26,31H,1,7-8,11-17H2,2-6H3/b21-9+,22-10-/t23?,24?,25?,26-,28+/m0/s1. The molecule has 0 aromatic heterocycles. The highest BCUT2D eigenvalue weighted by atomic mass is 16.6. The van der Waals surface area contributed by atoms with Crippen molar-refractivity contribution >= 4 is 11.9 Å². The molecule has 3 fully saturated rings. The Morgan fingerprint density at radius 2 is 1.88 bits per heavy atom. The highest BCUT2D eigenvalue weighted by Crippen LogP contribution is 2.58. The second kappa shape index (κ2) is 10.2. The second-order valence-corrected chi connectivity index (χ2v) is 11.3. The molecule has 3 rings (SSSR count). The smallest absolute Gasteiger partial charge is 0.303 e. The van der Waals surface area contributed by atoms with Crippen molar-refractivity contribution in [2.45, 2.75) is 110 Å². The summed E-state index contributed by atoms with van der Waals surface area (Å²) in [4.78, 5) is 23.1. The van der Waals surface area contributed by atoms with E-state index in [0.717, 1.165) is 30.4 Å². The third-order valence-electron chi connectivity index (χ3n) is 8.13. The van der Waals surface area contributed by atoms with Crippen molar-refractivity contribution in [2.75, 3.05) is 0 Å². The summed E-state index contributed by atoms with van der Waals surface area (Å²) in [6.07, 6.45) is 12.6. The van der Waals surface area contributed by atoms with Crippen LogP contribution in [0.2, 0.25) is 0 Å². The van der Waals surface area contributed by atoms with E-state index in [9.17, 15) is 14.7 Å². The van der Waals surface area contributed by atoms with Crippen LogP contribution in [0.25, 0.3) is 0 Å². The summed E-state index contributed by atoms with van der Waals surface area (Å²) in [5.41, 5.74) is 2.98. The molecule has 0 radical (unpaired) electrons. The lowest BCUT2D eigenvalue weighted by molar-refractivity contribution is -0.152. The van der Waals surface area contributed by atoms with E-state index in [1.165, 1.54) is 45.1 Å². The van der Waals surface area contributed by atoms with Gasteiger partial charge in [-0.3, -0.25) is 9.59 Å². The van der Waals surface area contributed by atoms with Gasteiger partial charge in [-0.1, -0.05) is 31.2 Å². The number of esters is 2. The fourth-order valence-electron chi connectivity index (χ4n) is 6.42. The van der Waals surface area contributed by atoms with Crippen LogP contribution in [0, 0.1) is 17.3 Å². The molecule has 0 spiro atoms. The van der Waals surface area contributed by atoms with Crippen molar-refractivity contribution in [1.29, 1.82) is 0 Å². The molecule has 3 aliphatic carbocycles. The molecule has 5 atom stereocenters. The van der Waals surface area contributed by atoms with E-state index in [4.69, 9.17) is 9.47 Å². The first kappa shape index (κ1) is 25.7. The fraction of sp³-hybridized carbons (Fsp3) is 0.714. The second-order valence-electron chi connectivity index (χ2n) is 11.3. The Balaban J connectivity index is 1.79. The van der Waals surface area contributed by atoms with Gasteiger partial charge in [0.25, 0.3) is 0 Å². The lowest BCUT2D eigenvalue weighted by Crippen LogP contribution is -2.34. The lowest BCUT2D eigenvalue weighted by Gasteiger charge is -2.43. The Morgan fingerprint density at radius 3 is 2.52 bits per heavy atom. The van der Waals surface area contributed by atoms with Crippen LogP contribution in [0.1, 0.15) is 92.4 Å². The lowest BCUT2D eigenvalue weighted by atomic mass is 9.62. The minimum atomic E-state index is -0.607. The van der Waals surface area contributed by atoms with Crippen LogP contribution in [0.15, 0.2) is 35.5 Å². The minimum Gasteiger partial charge on any atom is -0.462 e. The molecule has 0 amide bonds. The number of rotatable bonds is 6. The number of aliphatic hydroxyl groups is 1. The first-order valence-corrected chi connectivity index (χ1v) is 12.5. The zero-order valence-electron chi connectivity index (χ0n) is 21.1. The maximum absolute atomic E-state index is 11.6. The van der Waals surface area contributed by atoms with Gasteiger partial charge in [0.15, 0.2) is 0 Å². The van der Waals surface area contributed by atoms with Gasteiger partial charge in [0.05, 0.1) is 5.60 Å². The third kappa shape index (κ3) is 6.38. The number of carbonyl (C=O) groups excluding carboxylic acids is 2. The van der Waals surface area contributed by atoms with Crippen LogP contribution in [0.5, 0.6) is 0 Å². The van der Waals surface area contributed by atoms with Crippen molar-refractivity contribution in [3.8, 4) is 0 Å². The Labute approximate surface area is 199 Å². The van der Waals surface area contributed by atoms with Crippen molar-refractivity contribution in [3.05, 3.63) is 35.5 Å². The molecule has 184 valence electrons. The van der Waals surface area contributed by atoms with E-state index >= 15 is 0 Å². The number of allylic oxidation sites excluding steroid dienone is 3. The molecule has 0 bridgehead atoms. The van der Waals surface area contributed by atoms with Gasteiger partial charge in [0.2, 0.25) is 0 Å². The molecule has 5 nitrogen and oxygen atoms in total. The summed E-state index contributed by atoms with van der Waals surface area (Å²) in [5.74, 6) is 0.545. The van der Waals surface area contributed by atoms with Crippen molar-refractivity contribution in [1.82, 2.24) is 0 Å². The molecule has 0 heterocycles. The monoisotopic (exact) mass is 458 g/mol. The number of ether oxygens (including phenoxy) is 2. The third-order valence-corrected chi connectivity index (χ3v) is 8.13. The molecule has 33 heavy (non-hydrogen) atoms. The van der Waals surface area contributed by atoms with Gasteiger partial charge in [-0.2, -0.15) is 0 Å². The SMILES string of the molecule is C=C1/C(=C\C=C2/CCC[C@]3(C)C(CCC(C)(C)O)CCC23)CC(OC(C)=O)C[C@@H]1OC(C)=O. The summed E-state index contributed by atoms with van der Waals surface area (Å²) >= 11 is 0. The number of fused-ring (bicyclic) bond motifs is 1. The van der Waals surface area contributed by atoms with Crippen molar-refractivity contribution < 1.29 is 24.2 Å². The van der Waals surface area contributed by atoms with Gasteiger partial charge >= 0.3 is 11.9 Å². The first-order valence-electron chi connectivity index (χ1n) is 12.5.